The van der Waals surface area contributed by atoms with Gasteiger partial charge in [-0.05, 0) is 97.7 Å². The summed E-state index contributed by atoms with van der Waals surface area (Å²) in [5.41, 5.74) is -0.176. The van der Waals surface area contributed by atoms with Gasteiger partial charge in [-0.3, -0.25) is 4.79 Å². The largest absolute Gasteiger partial charge is 0.481 e. The highest BCUT2D eigenvalue weighted by molar-refractivity contribution is 5.69. The molecular weight excluding hydrogens is 420 g/mol. The number of aliphatic carboxylic acids is 1. The maximum Gasteiger partial charge on any atom is 0.308 e. The SMILES string of the molecule is C[C@@H](CCC[C@@H](CO)C(=O)O)[C@H]1CC[C@H]2[C@@H]3C[C@H](O)[C@H]4C[C@H](O)CC[C@]4(C)[C@@H]3C[C@H](O)[C@]12C. The summed E-state index contributed by atoms with van der Waals surface area (Å²) in [7, 11) is 0. The van der Waals surface area contributed by atoms with E-state index in [1.54, 1.807) is 0 Å². The summed E-state index contributed by atoms with van der Waals surface area (Å²) >= 11 is 0. The first-order chi connectivity index (χ1) is 15.5. The van der Waals surface area contributed by atoms with Crippen LogP contribution in [-0.4, -0.2) is 56.4 Å². The minimum absolute atomic E-state index is 0.0102. The van der Waals surface area contributed by atoms with Crippen molar-refractivity contribution in [1.82, 2.24) is 0 Å². The maximum absolute atomic E-state index is 11.6. The average Bonchev–Trinajstić information content (AvgIpc) is 3.12. The Kier molecular flexibility index (Phi) is 7.24. The molecule has 6 heteroatoms. The van der Waals surface area contributed by atoms with Crippen molar-refractivity contribution in [3.05, 3.63) is 0 Å². The van der Waals surface area contributed by atoms with Crippen molar-refractivity contribution in [2.75, 3.05) is 6.61 Å². The van der Waals surface area contributed by atoms with Crippen LogP contribution in [-0.2, 0) is 4.79 Å². The summed E-state index contributed by atoms with van der Waals surface area (Å²) in [6, 6.07) is 0. The molecule has 0 spiro atoms. The van der Waals surface area contributed by atoms with Crippen LogP contribution in [0.15, 0.2) is 0 Å². The molecule has 4 aliphatic carbocycles. The lowest BCUT2D eigenvalue weighted by atomic mass is 9.43. The molecule has 4 rings (SSSR count). The average molecular weight is 467 g/mol. The summed E-state index contributed by atoms with van der Waals surface area (Å²) in [6.45, 7) is 6.54. The Morgan fingerprint density at radius 3 is 2.36 bits per heavy atom. The lowest BCUT2D eigenvalue weighted by Crippen LogP contribution is -2.61. The van der Waals surface area contributed by atoms with Crippen molar-refractivity contribution in [2.24, 2.45) is 52.3 Å². The van der Waals surface area contributed by atoms with Crippen LogP contribution in [0.2, 0.25) is 0 Å². The second kappa shape index (κ2) is 9.40. The van der Waals surface area contributed by atoms with E-state index in [2.05, 4.69) is 20.8 Å². The van der Waals surface area contributed by atoms with Crippen molar-refractivity contribution in [1.29, 1.82) is 0 Å². The lowest BCUT2D eigenvalue weighted by molar-refractivity contribution is -0.202. The quantitative estimate of drug-likeness (QED) is 0.392. The molecule has 0 aromatic rings. The number of aliphatic hydroxyl groups excluding tert-OH is 4. The molecule has 4 aliphatic rings. The molecule has 0 amide bonds. The summed E-state index contributed by atoms with van der Waals surface area (Å²) in [4.78, 5) is 11.2. The zero-order chi connectivity index (χ0) is 24.1. The van der Waals surface area contributed by atoms with Crippen LogP contribution in [0.25, 0.3) is 0 Å². The molecule has 0 aliphatic heterocycles. The van der Waals surface area contributed by atoms with Crippen molar-refractivity contribution < 1.29 is 30.3 Å². The standard InChI is InChI=1S/C27H46O6/c1-15(5-4-6-16(14-28)25(32)33)19-7-8-20-18-12-23(30)22-11-17(29)9-10-26(22,2)21(18)13-24(31)27(19,20)3/h15-24,28-31H,4-14H2,1-3H3,(H,32,33)/t15-,16-,17+,18-,19+,20-,21+,22+,23-,24-,26+,27+/m0/s1. The number of rotatable bonds is 7. The van der Waals surface area contributed by atoms with E-state index in [-0.39, 0.29) is 41.7 Å². The van der Waals surface area contributed by atoms with Crippen LogP contribution in [0.5, 0.6) is 0 Å². The van der Waals surface area contributed by atoms with E-state index in [4.69, 9.17) is 0 Å². The second-order valence-electron chi connectivity index (χ2n) is 12.6. The first kappa shape index (κ1) is 25.4. The predicted molar refractivity (Wildman–Crippen MR) is 125 cm³/mol. The Bertz CT molecular complexity index is 713. The number of fused-ring (bicyclic) bond motifs is 5. The van der Waals surface area contributed by atoms with Crippen molar-refractivity contribution in [3.63, 3.8) is 0 Å². The predicted octanol–water partition coefficient (Wildman–Crippen LogP) is 3.45. The summed E-state index contributed by atoms with van der Waals surface area (Å²) < 4.78 is 0. The number of carbonyl (C=O) groups is 1. The Hall–Kier alpha value is -0.690. The number of carboxylic acids is 1. The molecule has 4 saturated carbocycles. The van der Waals surface area contributed by atoms with Crippen LogP contribution < -0.4 is 0 Å². The third-order valence-electron chi connectivity index (χ3n) is 11.3. The van der Waals surface area contributed by atoms with Crippen molar-refractivity contribution >= 4 is 5.97 Å². The van der Waals surface area contributed by atoms with Gasteiger partial charge in [0, 0.05) is 0 Å². The minimum Gasteiger partial charge on any atom is -0.481 e. The van der Waals surface area contributed by atoms with Gasteiger partial charge in [0.15, 0.2) is 0 Å². The third-order valence-corrected chi connectivity index (χ3v) is 11.3. The van der Waals surface area contributed by atoms with Gasteiger partial charge in [-0.1, -0.05) is 33.6 Å². The minimum atomic E-state index is -0.926. The Labute approximate surface area is 198 Å². The topological polar surface area (TPSA) is 118 Å². The zero-order valence-corrected chi connectivity index (χ0v) is 20.7. The van der Waals surface area contributed by atoms with Gasteiger partial charge >= 0.3 is 5.97 Å². The first-order valence-electron chi connectivity index (χ1n) is 13.4. The van der Waals surface area contributed by atoms with Gasteiger partial charge in [0.1, 0.15) is 0 Å². The normalized spacial score (nSPS) is 48.9. The smallest absolute Gasteiger partial charge is 0.308 e. The van der Waals surface area contributed by atoms with E-state index in [0.717, 1.165) is 51.4 Å². The highest BCUT2D eigenvalue weighted by Gasteiger charge is 2.65. The fraction of sp³-hybridized carbons (Fsp3) is 0.963. The molecule has 0 aromatic heterocycles. The third kappa shape index (κ3) is 4.17. The molecule has 4 fully saturated rings. The van der Waals surface area contributed by atoms with E-state index in [1.807, 2.05) is 0 Å². The molecule has 6 nitrogen and oxygen atoms in total. The van der Waals surface area contributed by atoms with Gasteiger partial charge in [-0.2, -0.15) is 0 Å². The summed E-state index contributed by atoms with van der Waals surface area (Å²) in [5, 5.41) is 51.6. The van der Waals surface area contributed by atoms with Crippen LogP contribution in [0.1, 0.15) is 85.0 Å². The van der Waals surface area contributed by atoms with Gasteiger partial charge in [-0.15, -0.1) is 0 Å². The fourth-order valence-corrected chi connectivity index (χ4v) is 9.38. The number of carboxylic acid groups (broad SMARTS) is 1. The van der Waals surface area contributed by atoms with E-state index >= 15 is 0 Å². The highest BCUT2D eigenvalue weighted by Crippen LogP contribution is 2.68. The molecule has 0 aromatic carbocycles. The Morgan fingerprint density at radius 1 is 0.970 bits per heavy atom. The van der Waals surface area contributed by atoms with Gasteiger partial charge in [0.05, 0.1) is 30.8 Å². The number of hydrogen-bond donors (Lipinski definition) is 5. The van der Waals surface area contributed by atoms with E-state index in [9.17, 15) is 30.3 Å². The molecule has 0 radical (unpaired) electrons. The molecule has 12 atom stereocenters. The Morgan fingerprint density at radius 2 is 1.70 bits per heavy atom. The van der Waals surface area contributed by atoms with Crippen molar-refractivity contribution in [3.8, 4) is 0 Å². The van der Waals surface area contributed by atoms with Crippen molar-refractivity contribution in [2.45, 2.75) is 103 Å². The Balaban J connectivity index is 1.48. The van der Waals surface area contributed by atoms with E-state index < -0.39 is 11.9 Å². The van der Waals surface area contributed by atoms with Crippen LogP contribution in [0, 0.1) is 52.3 Å². The maximum atomic E-state index is 11.6. The van der Waals surface area contributed by atoms with Gasteiger partial charge < -0.3 is 25.5 Å². The summed E-state index contributed by atoms with van der Waals surface area (Å²) in [6.07, 6.45) is 7.33. The first-order valence-corrected chi connectivity index (χ1v) is 13.4. The highest BCUT2D eigenvalue weighted by atomic mass is 16.4. The molecule has 0 unspecified atom stereocenters. The lowest BCUT2D eigenvalue weighted by Gasteiger charge is -2.63. The zero-order valence-electron chi connectivity index (χ0n) is 20.7. The molecule has 0 heterocycles. The number of hydrogen-bond acceptors (Lipinski definition) is 5. The fourth-order valence-electron chi connectivity index (χ4n) is 9.38. The molecule has 5 N–H and O–H groups in total. The number of aliphatic hydroxyl groups is 4. The van der Waals surface area contributed by atoms with Crippen LogP contribution in [0.4, 0.5) is 0 Å². The second-order valence-corrected chi connectivity index (χ2v) is 12.6. The summed E-state index contributed by atoms with van der Waals surface area (Å²) in [5.74, 6) is 0.536. The van der Waals surface area contributed by atoms with Gasteiger partial charge in [-0.25, -0.2) is 0 Å². The van der Waals surface area contributed by atoms with Crippen LogP contribution >= 0.6 is 0 Å². The van der Waals surface area contributed by atoms with E-state index in [1.165, 1.54) is 0 Å². The van der Waals surface area contributed by atoms with Gasteiger partial charge in [0.25, 0.3) is 0 Å². The molecule has 0 bridgehead atoms. The van der Waals surface area contributed by atoms with E-state index in [0.29, 0.717) is 42.4 Å². The monoisotopic (exact) mass is 466 g/mol. The molecule has 190 valence electrons. The molecule has 33 heavy (non-hydrogen) atoms. The van der Waals surface area contributed by atoms with Crippen LogP contribution in [0.3, 0.4) is 0 Å². The molecule has 0 saturated heterocycles. The van der Waals surface area contributed by atoms with Gasteiger partial charge in [0.2, 0.25) is 0 Å². The molecular formula is C27H46O6.